The van der Waals surface area contributed by atoms with Crippen molar-refractivity contribution >= 4 is 35.7 Å². The molecule has 0 unspecified atom stereocenters. The zero-order valence-corrected chi connectivity index (χ0v) is 19.3. The first-order chi connectivity index (χ1) is 15.1. The van der Waals surface area contributed by atoms with Gasteiger partial charge in [0.1, 0.15) is 11.8 Å². The number of rotatable bonds is 5. The molecular weight excluding hydrogens is 449 g/mol. The topological polar surface area (TPSA) is 99.9 Å². The molecule has 2 N–H and O–H groups in total. The Kier molecular flexibility index (Phi) is 8.68. The van der Waals surface area contributed by atoms with Crippen molar-refractivity contribution in [3.8, 4) is 17.6 Å². The number of carbonyl (C=O) groups excluding carboxylic acids is 1. The number of anilines is 1. The highest BCUT2D eigenvalue weighted by molar-refractivity contribution is 6.31. The fraction of sp³-hybridized carbons (Fsp3) is 0.478. The van der Waals surface area contributed by atoms with Gasteiger partial charge in [0.2, 0.25) is 5.91 Å². The first kappa shape index (κ1) is 24.2. The van der Waals surface area contributed by atoms with Gasteiger partial charge in [-0.3, -0.25) is 4.79 Å². The lowest BCUT2D eigenvalue weighted by Crippen LogP contribution is -2.28. The Hall–Kier alpha value is -2.40. The summed E-state index contributed by atoms with van der Waals surface area (Å²) in [5, 5.41) is 24.4. The molecule has 2 fully saturated rings. The number of amides is 1. The van der Waals surface area contributed by atoms with Crippen molar-refractivity contribution in [2.45, 2.75) is 50.9 Å². The maximum absolute atomic E-state index is 12.8. The third-order valence-electron chi connectivity index (χ3n) is 6.04. The molecule has 2 aromatic rings. The molecule has 170 valence electrons. The van der Waals surface area contributed by atoms with Gasteiger partial charge >= 0.3 is 0 Å². The molecular formula is C23H27Cl2N5O2. The molecule has 1 aliphatic carbocycles. The zero-order chi connectivity index (χ0) is 21.6. The first-order valence-electron chi connectivity index (χ1n) is 10.9. The minimum absolute atomic E-state index is 0. The molecule has 1 aromatic carbocycles. The molecule has 1 aliphatic heterocycles. The molecule has 7 nitrogen and oxygen atoms in total. The van der Waals surface area contributed by atoms with E-state index >= 15 is 0 Å². The van der Waals surface area contributed by atoms with Gasteiger partial charge in [0.25, 0.3) is 0 Å². The Balaban J connectivity index is 0.00000289. The number of nitrogens with zero attached hydrogens (tertiary/aromatic N) is 3. The zero-order valence-electron chi connectivity index (χ0n) is 17.8. The Morgan fingerprint density at radius 1 is 1.12 bits per heavy atom. The van der Waals surface area contributed by atoms with Crippen LogP contribution in [0, 0.1) is 17.2 Å². The third-order valence-corrected chi connectivity index (χ3v) is 6.35. The van der Waals surface area contributed by atoms with Gasteiger partial charge in [-0.15, -0.1) is 17.5 Å². The summed E-state index contributed by atoms with van der Waals surface area (Å²) in [5.41, 5.74) is 1.23. The lowest BCUT2D eigenvalue weighted by atomic mass is 9.89. The average Bonchev–Trinajstić information content (AvgIpc) is 2.81. The van der Waals surface area contributed by atoms with E-state index in [1.807, 2.05) is 12.1 Å². The van der Waals surface area contributed by atoms with E-state index in [2.05, 4.69) is 20.8 Å². The highest BCUT2D eigenvalue weighted by atomic mass is 35.5. The number of nitrogens with one attached hydrogen (secondary N) is 2. The predicted octanol–water partition coefficient (Wildman–Crippen LogP) is 5.20. The van der Waals surface area contributed by atoms with Crippen LogP contribution in [0.3, 0.4) is 0 Å². The van der Waals surface area contributed by atoms with E-state index in [0.717, 1.165) is 57.3 Å². The van der Waals surface area contributed by atoms with Crippen LogP contribution < -0.4 is 15.4 Å². The summed E-state index contributed by atoms with van der Waals surface area (Å²) in [6.45, 7) is 1.88. The van der Waals surface area contributed by atoms with Crippen LogP contribution in [0.2, 0.25) is 5.02 Å². The number of halogens is 2. The van der Waals surface area contributed by atoms with Crippen LogP contribution in [0.1, 0.15) is 62.1 Å². The van der Waals surface area contributed by atoms with E-state index in [1.165, 1.54) is 6.42 Å². The molecule has 2 heterocycles. The van der Waals surface area contributed by atoms with E-state index in [9.17, 15) is 4.79 Å². The molecule has 9 heteroatoms. The van der Waals surface area contributed by atoms with E-state index in [1.54, 1.807) is 18.2 Å². The van der Waals surface area contributed by atoms with Gasteiger partial charge in [-0.1, -0.05) is 30.9 Å². The molecule has 32 heavy (non-hydrogen) atoms. The first-order valence-corrected chi connectivity index (χ1v) is 11.3. The van der Waals surface area contributed by atoms with Crippen molar-refractivity contribution in [2.24, 2.45) is 5.92 Å². The molecule has 1 amide bonds. The van der Waals surface area contributed by atoms with Crippen LogP contribution in [0.4, 0.5) is 5.82 Å². The molecule has 1 aromatic heterocycles. The van der Waals surface area contributed by atoms with E-state index < -0.39 is 0 Å². The molecule has 0 atom stereocenters. The monoisotopic (exact) mass is 475 g/mol. The second kappa shape index (κ2) is 11.5. The van der Waals surface area contributed by atoms with Gasteiger partial charge in [0, 0.05) is 24.0 Å². The number of ether oxygens (including phenoxy) is 1. The quantitative estimate of drug-likeness (QED) is 0.615. The maximum atomic E-state index is 12.8. The number of benzene rings is 1. The van der Waals surface area contributed by atoms with Gasteiger partial charge in [-0.25, -0.2) is 0 Å². The number of hydrogen-bond donors (Lipinski definition) is 2. The highest BCUT2D eigenvalue weighted by Crippen LogP contribution is 2.34. The van der Waals surface area contributed by atoms with Gasteiger partial charge in [0.05, 0.1) is 16.3 Å². The Morgan fingerprint density at radius 2 is 1.88 bits per heavy atom. The number of piperidine rings is 1. The summed E-state index contributed by atoms with van der Waals surface area (Å²) in [4.78, 5) is 12.8. The van der Waals surface area contributed by atoms with Gasteiger partial charge in [-0.2, -0.15) is 10.4 Å². The summed E-state index contributed by atoms with van der Waals surface area (Å²) in [6, 6.07) is 8.79. The minimum atomic E-state index is -0.0358. The number of hydrogen-bond acceptors (Lipinski definition) is 6. The van der Waals surface area contributed by atoms with Crippen molar-refractivity contribution in [1.82, 2.24) is 15.5 Å². The fourth-order valence-corrected chi connectivity index (χ4v) is 4.44. The van der Waals surface area contributed by atoms with Gasteiger partial charge in [-0.05, 0) is 50.9 Å². The second-order valence-electron chi connectivity index (χ2n) is 8.19. The average molecular weight is 476 g/mol. The molecule has 0 spiro atoms. The normalized spacial score (nSPS) is 17.1. The van der Waals surface area contributed by atoms with E-state index in [-0.39, 0.29) is 24.2 Å². The van der Waals surface area contributed by atoms with Crippen molar-refractivity contribution in [2.75, 3.05) is 18.4 Å². The minimum Gasteiger partial charge on any atom is -0.453 e. The summed E-state index contributed by atoms with van der Waals surface area (Å²) in [7, 11) is 0. The largest absolute Gasteiger partial charge is 0.453 e. The SMILES string of the molecule is Cl.N#Cc1ccc(Oc2cc(C3CCNCC3)nnc2NC(=O)C2CCCCC2)cc1Cl. The van der Waals surface area contributed by atoms with Crippen LogP contribution in [0.15, 0.2) is 24.3 Å². The molecule has 0 radical (unpaired) electrons. The van der Waals surface area contributed by atoms with E-state index in [4.69, 9.17) is 21.6 Å². The number of aromatic nitrogens is 2. The molecule has 1 saturated carbocycles. The van der Waals surface area contributed by atoms with Crippen LogP contribution in [-0.4, -0.2) is 29.2 Å². The predicted molar refractivity (Wildman–Crippen MR) is 126 cm³/mol. The molecule has 4 rings (SSSR count). The van der Waals surface area contributed by atoms with Crippen molar-refractivity contribution < 1.29 is 9.53 Å². The van der Waals surface area contributed by atoms with Crippen LogP contribution in [0.25, 0.3) is 0 Å². The lowest BCUT2D eigenvalue weighted by molar-refractivity contribution is -0.120. The van der Waals surface area contributed by atoms with Gasteiger partial charge in [0.15, 0.2) is 11.6 Å². The van der Waals surface area contributed by atoms with Gasteiger partial charge < -0.3 is 15.4 Å². The molecule has 1 saturated heterocycles. The Labute approximate surface area is 199 Å². The smallest absolute Gasteiger partial charge is 0.228 e. The number of nitriles is 1. The van der Waals surface area contributed by atoms with Crippen molar-refractivity contribution in [3.63, 3.8) is 0 Å². The standard InChI is InChI=1S/C23H26ClN5O2.ClH/c24-19-12-18(7-6-17(19)14-25)31-21-13-20(15-8-10-26-11-9-15)28-29-22(21)27-23(30)16-4-2-1-3-5-16;/h6-7,12-13,15-16,26H,1-5,8-11H2,(H,27,29,30);1H. The fourth-order valence-electron chi connectivity index (χ4n) is 4.23. The van der Waals surface area contributed by atoms with E-state index in [0.29, 0.717) is 33.8 Å². The summed E-state index contributed by atoms with van der Waals surface area (Å²) < 4.78 is 6.08. The molecule has 0 bridgehead atoms. The van der Waals surface area contributed by atoms with Crippen molar-refractivity contribution in [3.05, 3.63) is 40.5 Å². The highest BCUT2D eigenvalue weighted by Gasteiger charge is 2.24. The van der Waals surface area contributed by atoms with Crippen molar-refractivity contribution in [1.29, 1.82) is 5.26 Å². The van der Waals surface area contributed by atoms with Crippen LogP contribution in [-0.2, 0) is 4.79 Å². The summed E-state index contributed by atoms with van der Waals surface area (Å²) in [5.74, 6) is 1.48. The Morgan fingerprint density at radius 3 is 2.56 bits per heavy atom. The molecule has 2 aliphatic rings. The maximum Gasteiger partial charge on any atom is 0.228 e. The second-order valence-corrected chi connectivity index (χ2v) is 8.59. The summed E-state index contributed by atoms with van der Waals surface area (Å²) in [6.07, 6.45) is 7.08. The summed E-state index contributed by atoms with van der Waals surface area (Å²) >= 11 is 6.17. The number of carbonyl (C=O) groups is 1. The lowest BCUT2D eigenvalue weighted by Gasteiger charge is -2.23. The van der Waals surface area contributed by atoms with Crippen LogP contribution in [0.5, 0.6) is 11.5 Å². The third kappa shape index (κ3) is 5.89. The Bertz CT molecular complexity index is 983. The van der Waals surface area contributed by atoms with Crippen LogP contribution >= 0.6 is 24.0 Å².